The fourth-order valence-corrected chi connectivity index (χ4v) is 5.91. The maximum atomic E-state index is 13.6. The second-order valence-electron chi connectivity index (χ2n) is 8.83. The molecule has 38 heavy (non-hydrogen) atoms. The fraction of sp³-hybridized carbons (Fsp3) is 0.269. The highest BCUT2D eigenvalue weighted by molar-refractivity contribution is 8.00. The largest absolute Gasteiger partial charge is 0.425 e. The van der Waals surface area contributed by atoms with E-state index in [4.69, 9.17) is 4.74 Å². The number of nitrogens with zero attached hydrogens (tertiary/aromatic N) is 5. The molecule has 1 fully saturated rings. The lowest BCUT2D eigenvalue weighted by molar-refractivity contribution is -0.114. The molecule has 1 aliphatic rings. The first-order valence-electron chi connectivity index (χ1n) is 12.0. The highest BCUT2D eigenvalue weighted by Gasteiger charge is 2.42. The van der Waals surface area contributed by atoms with Crippen molar-refractivity contribution in [1.29, 1.82) is 0 Å². The topological polar surface area (TPSA) is 143 Å². The molecule has 2 aromatic heterocycles. The van der Waals surface area contributed by atoms with Crippen LogP contribution in [-0.2, 0) is 4.79 Å². The Morgan fingerprint density at radius 3 is 2.26 bits per heavy atom. The van der Waals surface area contributed by atoms with E-state index in [1.165, 1.54) is 29.9 Å². The number of thioether (sulfide) groups is 1. The Kier molecular flexibility index (Phi) is 7.27. The maximum Gasteiger partial charge on any atom is 0.425 e. The lowest BCUT2D eigenvalue weighted by Gasteiger charge is -2.22. The summed E-state index contributed by atoms with van der Waals surface area (Å²) in [5.74, 6) is -0.821. The zero-order valence-electron chi connectivity index (χ0n) is 20.6. The summed E-state index contributed by atoms with van der Waals surface area (Å²) in [6.45, 7) is 3.02. The van der Waals surface area contributed by atoms with Crippen molar-refractivity contribution in [2.75, 3.05) is 16.8 Å². The lowest BCUT2D eigenvalue weighted by Crippen LogP contribution is -2.29. The van der Waals surface area contributed by atoms with E-state index in [0.29, 0.717) is 17.0 Å². The monoisotopic (exact) mass is 534 g/mol. The number of hydrogen-bond acceptors (Lipinski definition) is 9. The Morgan fingerprint density at radius 1 is 1.08 bits per heavy atom. The fourth-order valence-electron chi connectivity index (χ4n) is 4.36. The van der Waals surface area contributed by atoms with Crippen LogP contribution in [0.2, 0.25) is 0 Å². The lowest BCUT2D eigenvalue weighted by atomic mass is 10.0. The molecule has 0 saturated carbocycles. The van der Waals surface area contributed by atoms with Crippen LogP contribution >= 0.6 is 11.8 Å². The number of aliphatic hydroxyl groups is 2. The molecule has 1 saturated heterocycles. The van der Waals surface area contributed by atoms with Gasteiger partial charge in [0.05, 0.1) is 41.0 Å². The molecule has 0 aliphatic carbocycles. The number of amides is 2. The van der Waals surface area contributed by atoms with Crippen LogP contribution in [0.5, 0.6) is 5.88 Å². The van der Waals surface area contributed by atoms with Crippen LogP contribution in [0.15, 0.2) is 67.0 Å². The van der Waals surface area contributed by atoms with Gasteiger partial charge in [-0.1, -0.05) is 43.3 Å². The van der Waals surface area contributed by atoms with Crippen LogP contribution in [0.3, 0.4) is 0 Å². The molecule has 12 heteroatoms. The van der Waals surface area contributed by atoms with Gasteiger partial charge < -0.3 is 19.5 Å². The number of anilines is 3. The normalized spacial score (nSPS) is 20.8. The van der Waals surface area contributed by atoms with E-state index in [9.17, 15) is 19.8 Å². The summed E-state index contributed by atoms with van der Waals surface area (Å²) in [5, 5.41) is 22.1. The number of aliphatic hydroxyl groups excluding tert-OH is 2. The first kappa shape index (κ1) is 25.6. The van der Waals surface area contributed by atoms with Crippen LogP contribution in [0, 0.1) is 5.92 Å². The van der Waals surface area contributed by atoms with Crippen LogP contribution < -0.4 is 15.0 Å². The van der Waals surface area contributed by atoms with Gasteiger partial charge in [-0.25, -0.2) is 14.7 Å². The Labute approximate surface area is 222 Å². The third kappa shape index (κ3) is 4.93. The van der Waals surface area contributed by atoms with Gasteiger partial charge in [0.15, 0.2) is 11.2 Å². The van der Waals surface area contributed by atoms with Gasteiger partial charge >= 0.3 is 6.09 Å². The summed E-state index contributed by atoms with van der Waals surface area (Å²) < 4.78 is 7.54. The van der Waals surface area contributed by atoms with Crippen molar-refractivity contribution in [1.82, 2.24) is 19.5 Å². The maximum absolute atomic E-state index is 13.6. The smallest absolute Gasteiger partial charge is 0.395 e. The predicted octanol–water partition coefficient (Wildman–Crippen LogP) is 3.73. The molecule has 3 heterocycles. The zero-order valence-corrected chi connectivity index (χ0v) is 21.4. The Balaban J connectivity index is 1.56. The quantitative estimate of drug-likeness (QED) is 0.337. The van der Waals surface area contributed by atoms with Crippen LogP contribution in [0.4, 0.5) is 22.1 Å². The van der Waals surface area contributed by atoms with Gasteiger partial charge in [0.25, 0.3) is 5.88 Å². The van der Waals surface area contributed by atoms with Crippen molar-refractivity contribution >= 4 is 52.2 Å². The van der Waals surface area contributed by atoms with Gasteiger partial charge in [0, 0.05) is 12.8 Å². The number of carbonyl (C=O) groups excluding carboxylic acids is 2. The second-order valence-corrected chi connectivity index (χ2v) is 10.2. The van der Waals surface area contributed by atoms with Crippen molar-refractivity contribution in [2.45, 2.75) is 30.6 Å². The van der Waals surface area contributed by atoms with E-state index in [2.05, 4.69) is 20.3 Å². The molecule has 3 N–H and O–H groups in total. The standard InChI is InChI=1S/C26H26N6O5S/c1-15-21(35)19(13-33)38-24(15)31-14-27-20-22(31)29-25(28-16(2)34)30-23(20)37-26(36)32(17-9-5-3-6-10-17)18-11-7-4-8-12-18/h3-12,14-15,19,21,24,33,35H,13H2,1-2H3,(H,28,29,30,34)/t15-,19-,21+,24-/m1/s1. The van der Waals surface area contributed by atoms with Crippen molar-refractivity contribution in [3.05, 3.63) is 67.0 Å². The van der Waals surface area contributed by atoms with Crippen molar-refractivity contribution < 1.29 is 24.5 Å². The summed E-state index contributed by atoms with van der Waals surface area (Å²) in [5.41, 5.74) is 1.69. The van der Waals surface area contributed by atoms with Crippen molar-refractivity contribution in [2.24, 2.45) is 5.92 Å². The summed E-state index contributed by atoms with van der Waals surface area (Å²) in [4.78, 5) is 40.0. The molecule has 2 aromatic carbocycles. The van der Waals surface area contributed by atoms with E-state index in [0.717, 1.165) is 0 Å². The molecule has 1 aliphatic heterocycles. The van der Waals surface area contributed by atoms with Crippen LogP contribution in [0.25, 0.3) is 11.2 Å². The average molecular weight is 535 g/mol. The average Bonchev–Trinajstić information content (AvgIpc) is 3.45. The molecule has 0 unspecified atom stereocenters. The number of nitrogens with one attached hydrogen (secondary N) is 1. The molecular formula is C26H26N6O5S. The van der Waals surface area contributed by atoms with E-state index in [1.807, 2.05) is 43.3 Å². The van der Waals surface area contributed by atoms with Gasteiger partial charge in [0.2, 0.25) is 11.9 Å². The van der Waals surface area contributed by atoms with E-state index in [1.54, 1.807) is 28.8 Å². The molecule has 196 valence electrons. The number of rotatable bonds is 6. The van der Waals surface area contributed by atoms with Crippen LogP contribution in [0.1, 0.15) is 19.2 Å². The van der Waals surface area contributed by atoms with Crippen LogP contribution in [-0.4, -0.2) is 59.7 Å². The molecule has 0 bridgehead atoms. The summed E-state index contributed by atoms with van der Waals surface area (Å²) in [6, 6.07) is 18.1. The first-order chi connectivity index (χ1) is 18.4. The summed E-state index contributed by atoms with van der Waals surface area (Å²) >= 11 is 1.40. The van der Waals surface area contributed by atoms with Crippen molar-refractivity contribution in [3.8, 4) is 5.88 Å². The van der Waals surface area contributed by atoms with E-state index < -0.39 is 18.1 Å². The molecule has 4 aromatic rings. The summed E-state index contributed by atoms with van der Waals surface area (Å²) in [7, 11) is 0. The zero-order chi connectivity index (χ0) is 26.8. The number of fused-ring (bicyclic) bond motifs is 1. The predicted molar refractivity (Wildman–Crippen MR) is 143 cm³/mol. The highest BCUT2D eigenvalue weighted by atomic mass is 32.2. The molecule has 11 nitrogen and oxygen atoms in total. The van der Waals surface area contributed by atoms with E-state index in [-0.39, 0.29) is 40.5 Å². The second kappa shape index (κ2) is 10.8. The number of hydrogen-bond donors (Lipinski definition) is 3. The number of aromatic nitrogens is 4. The number of carbonyl (C=O) groups is 2. The first-order valence-corrected chi connectivity index (χ1v) is 12.9. The molecule has 2 amide bonds. The highest BCUT2D eigenvalue weighted by Crippen LogP contribution is 2.47. The Morgan fingerprint density at radius 2 is 1.71 bits per heavy atom. The number of imidazole rings is 1. The van der Waals surface area contributed by atoms with Gasteiger partial charge in [-0.2, -0.15) is 9.97 Å². The van der Waals surface area contributed by atoms with Gasteiger partial charge in [-0.15, -0.1) is 11.8 Å². The molecule has 0 radical (unpaired) electrons. The Hall–Kier alpha value is -4.00. The summed E-state index contributed by atoms with van der Waals surface area (Å²) in [6.07, 6.45) is 0.0675. The van der Waals surface area contributed by atoms with Gasteiger partial charge in [-0.3, -0.25) is 10.1 Å². The number of para-hydroxylation sites is 2. The number of benzene rings is 2. The minimum atomic E-state index is -0.731. The molecule has 4 atom stereocenters. The van der Waals surface area contributed by atoms with E-state index >= 15 is 0 Å². The minimum absolute atomic E-state index is 0.0598. The Bertz CT molecular complexity index is 1410. The third-order valence-electron chi connectivity index (χ3n) is 6.21. The van der Waals surface area contributed by atoms with Crippen molar-refractivity contribution in [3.63, 3.8) is 0 Å². The van der Waals surface area contributed by atoms with Gasteiger partial charge in [0.1, 0.15) is 0 Å². The number of ether oxygens (including phenoxy) is 1. The molecular weight excluding hydrogens is 508 g/mol. The minimum Gasteiger partial charge on any atom is -0.395 e. The molecule has 0 spiro atoms. The SMILES string of the molecule is CC(=O)Nc1nc(OC(=O)N(c2ccccc2)c2ccccc2)c2ncn([C@@H]3S[C@H](CO)[C@@H](O)[C@H]3C)c2n1. The van der Waals surface area contributed by atoms with Gasteiger partial charge in [-0.05, 0) is 24.3 Å². The molecule has 5 rings (SSSR count). The third-order valence-corrected chi connectivity index (χ3v) is 7.92.